The van der Waals surface area contributed by atoms with Gasteiger partial charge in [0.2, 0.25) is 0 Å². The average Bonchev–Trinajstić information content (AvgIpc) is 2.82. The molecule has 0 radical (unpaired) electrons. The number of aryl methyl sites for hydroxylation is 1. The fraction of sp³-hybridized carbons (Fsp3) is 0.724. The Morgan fingerprint density at radius 1 is 1.06 bits per heavy atom. The van der Waals surface area contributed by atoms with Gasteiger partial charge in [-0.1, -0.05) is 26.8 Å². The number of amides is 1. The summed E-state index contributed by atoms with van der Waals surface area (Å²) in [6.07, 6.45) is 3.91. The smallest absolute Gasteiger partial charge is 0.410 e. The van der Waals surface area contributed by atoms with Gasteiger partial charge < -0.3 is 14.5 Å². The molecule has 0 aromatic heterocycles. The highest BCUT2D eigenvalue weighted by Crippen LogP contribution is 2.35. The number of ketones is 1. The molecule has 2 aliphatic heterocycles. The topological polar surface area (TPSA) is 53.1 Å². The van der Waals surface area contributed by atoms with Crippen LogP contribution in [0, 0.1) is 18.3 Å². The Bertz CT molecular complexity index is 876. The molecule has 2 heterocycles. The van der Waals surface area contributed by atoms with Crippen molar-refractivity contribution in [2.45, 2.75) is 79.8 Å². The maximum absolute atomic E-state index is 12.8. The van der Waals surface area contributed by atoms with Crippen molar-refractivity contribution >= 4 is 17.6 Å². The number of rotatable bonds is 7. The van der Waals surface area contributed by atoms with Crippen molar-refractivity contribution in [3.05, 3.63) is 29.3 Å². The molecule has 2 saturated heterocycles. The molecule has 196 valence electrons. The van der Waals surface area contributed by atoms with E-state index in [2.05, 4.69) is 41.8 Å². The van der Waals surface area contributed by atoms with Gasteiger partial charge in [-0.25, -0.2) is 4.79 Å². The van der Waals surface area contributed by atoms with Crippen LogP contribution < -0.4 is 4.90 Å². The number of anilines is 1. The van der Waals surface area contributed by atoms with Crippen LogP contribution in [-0.4, -0.2) is 73.1 Å². The molecule has 0 spiro atoms. The van der Waals surface area contributed by atoms with Gasteiger partial charge in [-0.05, 0) is 83.0 Å². The quantitative estimate of drug-likeness (QED) is 0.459. The number of piperazine rings is 1. The highest BCUT2D eigenvalue weighted by molar-refractivity contribution is 5.99. The molecule has 1 unspecified atom stereocenters. The molecule has 2 aliphatic rings. The van der Waals surface area contributed by atoms with E-state index >= 15 is 0 Å². The van der Waals surface area contributed by atoms with E-state index < -0.39 is 5.60 Å². The Morgan fingerprint density at radius 3 is 2.26 bits per heavy atom. The predicted octanol–water partition coefficient (Wildman–Crippen LogP) is 5.77. The van der Waals surface area contributed by atoms with E-state index in [1.807, 2.05) is 39.5 Å². The number of nitrogens with zero attached hydrogens (tertiary/aromatic N) is 3. The van der Waals surface area contributed by atoms with Crippen molar-refractivity contribution in [1.29, 1.82) is 0 Å². The fourth-order valence-electron chi connectivity index (χ4n) is 4.99. The third kappa shape index (κ3) is 7.45. The second kappa shape index (κ2) is 11.3. The molecule has 1 aromatic carbocycles. The number of piperidine rings is 1. The highest BCUT2D eigenvalue weighted by Gasteiger charge is 2.34. The van der Waals surface area contributed by atoms with Crippen molar-refractivity contribution in [3.63, 3.8) is 0 Å². The van der Waals surface area contributed by atoms with Crippen LogP contribution in [0.2, 0.25) is 0 Å². The summed E-state index contributed by atoms with van der Waals surface area (Å²) in [5.41, 5.74) is 2.96. The van der Waals surface area contributed by atoms with Crippen molar-refractivity contribution in [2.24, 2.45) is 11.3 Å². The molecular formula is C29H47N3O3. The van der Waals surface area contributed by atoms with Crippen LogP contribution >= 0.6 is 0 Å². The minimum atomic E-state index is -0.441. The first-order valence-electron chi connectivity index (χ1n) is 13.5. The van der Waals surface area contributed by atoms with Gasteiger partial charge in [0.25, 0.3) is 0 Å². The molecule has 6 heteroatoms. The van der Waals surface area contributed by atoms with E-state index in [1.54, 1.807) is 0 Å². The van der Waals surface area contributed by atoms with Gasteiger partial charge in [0.1, 0.15) is 5.60 Å². The number of ether oxygens (including phenoxy) is 1. The van der Waals surface area contributed by atoms with Crippen molar-refractivity contribution < 1.29 is 14.3 Å². The van der Waals surface area contributed by atoms with Crippen molar-refractivity contribution in [3.8, 4) is 0 Å². The van der Waals surface area contributed by atoms with Crippen LogP contribution in [-0.2, 0) is 4.74 Å². The SMILES string of the molecule is CCC(C)C(=O)c1cc(N2CCN(CCC3(C)CCN(C(=O)OC(C)(C)C)CC3)CC2)ccc1C. The summed E-state index contributed by atoms with van der Waals surface area (Å²) in [5, 5.41) is 0. The molecule has 3 rings (SSSR count). The largest absolute Gasteiger partial charge is 0.444 e. The maximum atomic E-state index is 12.8. The van der Waals surface area contributed by atoms with Crippen molar-refractivity contribution in [2.75, 3.05) is 50.7 Å². The summed E-state index contributed by atoms with van der Waals surface area (Å²) in [6, 6.07) is 6.37. The number of carbonyl (C=O) groups is 2. The van der Waals surface area contributed by atoms with Gasteiger partial charge in [-0.15, -0.1) is 0 Å². The molecule has 1 aromatic rings. The zero-order chi connectivity index (χ0) is 25.8. The van der Waals surface area contributed by atoms with Crippen LogP contribution in [0.4, 0.5) is 10.5 Å². The first-order chi connectivity index (χ1) is 16.4. The average molecular weight is 486 g/mol. The van der Waals surface area contributed by atoms with Gasteiger partial charge in [0.05, 0.1) is 0 Å². The fourth-order valence-corrected chi connectivity index (χ4v) is 4.99. The molecule has 35 heavy (non-hydrogen) atoms. The van der Waals surface area contributed by atoms with E-state index in [4.69, 9.17) is 4.74 Å². The molecule has 1 atom stereocenters. The maximum Gasteiger partial charge on any atom is 0.410 e. The van der Waals surface area contributed by atoms with E-state index in [0.717, 1.165) is 82.6 Å². The number of likely N-dealkylation sites (tertiary alicyclic amines) is 1. The Morgan fingerprint density at radius 2 is 1.69 bits per heavy atom. The second-order valence-corrected chi connectivity index (χ2v) is 12.0. The highest BCUT2D eigenvalue weighted by atomic mass is 16.6. The Labute approximate surface area is 213 Å². The summed E-state index contributed by atoms with van der Waals surface area (Å²) in [4.78, 5) is 32.0. The van der Waals surface area contributed by atoms with Gasteiger partial charge in [-0.3, -0.25) is 9.69 Å². The number of hydrogen-bond acceptors (Lipinski definition) is 5. The van der Waals surface area contributed by atoms with E-state index in [1.165, 1.54) is 5.69 Å². The summed E-state index contributed by atoms with van der Waals surface area (Å²) < 4.78 is 5.55. The van der Waals surface area contributed by atoms with Crippen LogP contribution in [0.15, 0.2) is 18.2 Å². The lowest BCUT2D eigenvalue weighted by molar-refractivity contribution is 0.00996. The van der Waals surface area contributed by atoms with Gasteiger partial charge >= 0.3 is 6.09 Å². The molecule has 6 nitrogen and oxygen atoms in total. The lowest BCUT2D eigenvalue weighted by atomic mass is 9.77. The van der Waals surface area contributed by atoms with Crippen LogP contribution in [0.1, 0.15) is 83.1 Å². The number of carbonyl (C=O) groups excluding carboxylic acids is 2. The Balaban J connectivity index is 1.47. The van der Waals surface area contributed by atoms with E-state index in [9.17, 15) is 9.59 Å². The molecule has 0 aliphatic carbocycles. The number of hydrogen-bond donors (Lipinski definition) is 0. The standard InChI is InChI=1S/C29H47N3O3/c1-8-22(2)26(33)25-21-24(10-9-23(25)3)31-19-17-30(18-20-31)14-11-29(7)12-15-32(16-13-29)27(34)35-28(4,5)6/h9-10,21-22H,8,11-20H2,1-7H3. The predicted molar refractivity (Wildman–Crippen MR) is 143 cm³/mol. The molecule has 0 bridgehead atoms. The van der Waals surface area contributed by atoms with Crippen LogP contribution in [0.3, 0.4) is 0 Å². The third-order valence-electron chi connectivity index (χ3n) is 7.94. The summed E-state index contributed by atoms with van der Waals surface area (Å²) in [7, 11) is 0. The van der Waals surface area contributed by atoms with Gasteiger partial charge in [-0.2, -0.15) is 0 Å². The first-order valence-corrected chi connectivity index (χ1v) is 13.5. The van der Waals surface area contributed by atoms with Gasteiger partial charge in [0, 0.05) is 56.4 Å². The van der Waals surface area contributed by atoms with E-state index in [0.29, 0.717) is 0 Å². The molecular weight excluding hydrogens is 438 g/mol. The minimum absolute atomic E-state index is 0.0677. The zero-order valence-corrected chi connectivity index (χ0v) is 23.2. The third-order valence-corrected chi connectivity index (χ3v) is 7.94. The zero-order valence-electron chi connectivity index (χ0n) is 23.2. The number of benzene rings is 1. The van der Waals surface area contributed by atoms with Crippen LogP contribution in [0.25, 0.3) is 0 Å². The van der Waals surface area contributed by atoms with Crippen LogP contribution in [0.5, 0.6) is 0 Å². The molecule has 1 amide bonds. The Kier molecular flexibility index (Phi) is 8.90. The molecule has 0 saturated carbocycles. The Hall–Kier alpha value is -2.08. The summed E-state index contributed by atoms with van der Waals surface area (Å²) in [5.74, 6) is 0.328. The molecule has 0 N–H and O–H groups in total. The lowest BCUT2D eigenvalue weighted by Crippen LogP contribution is -2.48. The van der Waals surface area contributed by atoms with Crippen molar-refractivity contribution in [1.82, 2.24) is 9.80 Å². The molecule has 2 fully saturated rings. The van der Waals surface area contributed by atoms with E-state index in [-0.39, 0.29) is 23.2 Å². The first kappa shape index (κ1) is 27.5. The lowest BCUT2D eigenvalue weighted by Gasteiger charge is -2.42. The summed E-state index contributed by atoms with van der Waals surface area (Å²) in [6.45, 7) is 21.0. The van der Waals surface area contributed by atoms with Gasteiger partial charge in [0.15, 0.2) is 5.78 Å². The summed E-state index contributed by atoms with van der Waals surface area (Å²) >= 11 is 0. The minimum Gasteiger partial charge on any atom is -0.444 e. The number of Topliss-reactive ketones (excluding diaryl/α,β-unsaturated/α-hetero) is 1. The normalized spacial score (nSPS) is 20.0. The monoisotopic (exact) mass is 485 g/mol. The second-order valence-electron chi connectivity index (χ2n) is 12.0.